The Morgan fingerprint density at radius 3 is 2.00 bits per heavy atom. The van der Waals surface area contributed by atoms with E-state index in [-0.39, 0.29) is 0 Å². The third kappa shape index (κ3) is 2.76. The summed E-state index contributed by atoms with van der Waals surface area (Å²) in [5.41, 5.74) is 5.27. The van der Waals surface area contributed by atoms with Crippen LogP contribution < -0.4 is 0 Å². The molecule has 0 saturated carbocycles. The average Bonchev–Trinajstić information content (AvgIpc) is 2.92. The lowest BCUT2D eigenvalue weighted by Crippen LogP contribution is -1.94. The number of rotatable bonds is 1. The zero-order valence-electron chi connectivity index (χ0n) is 19.0. The first-order valence-electron chi connectivity index (χ1n) is 12.0. The molecule has 0 atom stereocenters. The Hall–Kier alpha value is -4.07. The van der Waals surface area contributed by atoms with Crippen molar-refractivity contribution in [2.24, 2.45) is 0 Å². The summed E-state index contributed by atoms with van der Waals surface area (Å²) in [6, 6.07) is 44.8. The highest BCUT2D eigenvalue weighted by atomic mass is 32.2. The van der Waals surface area contributed by atoms with Crippen molar-refractivity contribution in [3.05, 3.63) is 121 Å². The molecule has 1 aliphatic rings. The van der Waals surface area contributed by atoms with Gasteiger partial charge in [0.15, 0.2) is 0 Å². The van der Waals surface area contributed by atoms with E-state index in [2.05, 4.69) is 121 Å². The molecule has 1 aliphatic heterocycles. The first-order valence-corrected chi connectivity index (χ1v) is 12.8. The second kappa shape index (κ2) is 7.21. The van der Waals surface area contributed by atoms with Crippen molar-refractivity contribution in [1.82, 2.24) is 0 Å². The molecule has 0 saturated heterocycles. The predicted octanol–water partition coefficient (Wildman–Crippen LogP) is 10.1. The molecule has 0 amide bonds. The molecule has 0 radical (unpaired) electrons. The summed E-state index contributed by atoms with van der Waals surface area (Å²) in [4.78, 5) is 2.68. The van der Waals surface area contributed by atoms with Crippen LogP contribution in [0.3, 0.4) is 0 Å². The van der Waals surface area contributed by atoms with E-state index < -0.39 is 0 Å². The Morgan fingerprint density at radius 1 is 0.343 bits per heavy atom. The van der Waals surface area contributed by atoms with Crippen LogP contribution >= 0.6 is 11.8 Å². The number of hydrogen-bond donors (Lipinski definition) is 0. The minimum atomic E-state index is 1.28. The lowest BCUT2D eigenvalue weighted by molar-refractivity contribution is 1.40. The lowest BCUT2D eigenvalue weighted by atomic mass is 9.89. The molecule has 35 heavy (non-hydrogen) atoms. The van der Waals surface area contributed by atoms with Crippen molar-refractivity contribution in [2.75, 3.05) is 0 Å². The van der Waals surface area contributed by atoms with Crippen molar-refractivity contribution in [1.29, 1.82) is 0 Å². The van der Waals surface area contributed by atoms with Gasteiger partial charge in [-0.05, 0) is 84.2 Å². The highest BCUT2D eigenvalue weighted by molar-refractivity contribution is 7.99. The summed E-state index contributed by atoms with van der Waals surface area (Å²) in [5, 5.41) is 10.5. The fourth-order valence-corrected chi connectivity index (χ4v) is 6.96. The van der Waals surface area contributed by atoms with Gasteiger partial charge in [0.1, 0.15) is 0 Å². The van der Waals surface area contributed by atoms with Crippen molar-refractivity contribution >= 4 is 54.9 Å². The highest BCUT2D eigenvalue weighted by Gasteiger charge is 2.20. The van der Waals surface area contributed by atoms with Gasteiger partial charge >= 0.3 is 0 Å². The Kier molecular flexibility index (Phi) is 3.97. The van der Waals surface area contributed by atoms with Crippen molar-refractivity contribution in [3.63, 3.8) is 0 Å². The third-order valence-corrected chi connectivity index (χ3v) is 8.57. The standard InChI is InChI=1S/C34H20S/c1-2-9-24-21(7-1)15-16-23-20-31-22(19-30(23)24)8-5-11-25(31)26-17-18-33-34-28(26)12-6-13-29(34)27-10-3-4-14-32(27)35-33/h1-20H. The first kappa shape index (κ1) is 19.3. The Balaban J connectivity index is 1.43. The Morgan fingerprint density at radius 2 is 1.00 bits per heavy atom. The van der Waals surface area contributed by atoms with Gasteiger partial charge < -0.3 is 0 Å². The van der Waals surface area contributed by atoms with Gasteiger partial charge in [-0.1, -0.05) is 109 Å². The molecule has 0 N–H and O–H groups in total. The zero-order valence-corrected chi connectivity index (χ0v) is 19.8. The zero-order chi connectivity index (χ0) is 22.9. The number of fused-ring (bicyclic) bond motifs is 6. The van der Waals surface area contributed by atoms with Crippen LogP contribution in [-0.4, -0.2) is 0 Å². The van der Waals surface area contributed by atoms with Crippen molar-refractivity contribution < 1.29 is 0 Å². The van der Waals surface area contributed by atoms with E-state index in [4.69, 9.17) is 0 Å². The molecule has 0 aromatic heterocycles. The first-order chi connectivity index (χ1) is 17.3. The minimum absolute atomic E-state index is 1.28. The molecule has 1 heteroatoms. The van der Waals surface area contributed by atoms with Gasteiger partial charge in [0.2, 0.25) is 0 Å². The van der Waals surface area contributed by atoms with Gasteiger partial charge in [-0.25, -0.2) is 0 Å². The monoisotopic (exact) mass is 460 g/mol. The molecule has 1 heterocycles. The fourth-order valence-electron chi connectivity index (χ4n) is 5.83. The topological polar surface area (TPSA) is 0 Å². The van der Waals surface area contributed by atoms with Crippen LogP contribution in [0.2, 0.25) is 0 Å². The van der Waals surface area contributed by atoms with Crippen LogP contribution in [0.4, 0.5) is 0 Å². The van der Waals surface area contributed by atoms with Crippen molar-refractivity contribution in [2.45, 2.75) is 9.79 Å². The average molecular weight is 461 g/mol. The third-order valence-electron chi connectivity index (χ3n) is 7.43. The maximum Gasteiger partial charge on any atom is 0.0207 e. The molecule has 8 rings (SSSR count). The highest BCUT2D eigenvalue weighted by Crippen LogP contribution is 2.50. The van der Waals surface area contributed by atoms with Gasteiger partial charge in [0.05, 0.1) is 0 Å². The maximum atomic E-state index is 2.38. The lowest BCUT2D eigenvalue weighted by Gasteiger charge is -2.22. The second-order valence-corrected chi connectivity index (χ2v) is 10.4. The fraction of sp³-hybridized carbons (Fsp3) is 0. The Bertz CT molecular complexity index is 1980. The number of hydrogen-bond acceptors (Lipinski definition) is 1. The van der Waals surface area contributed by atoms with Crippen LogP contribution in [0.1, 0.15) is 0 Å². The molecule has 0 bridgehead atoms. The van der Waals surface area contributed by atoms with Crippen LogP contribution in [0, 0.1) is 0 Å². The molecule has 0 unspecified atom stereocenters. The molecule has 162 valence electrons. The summed E-state index contributed by atoms with van der Waals surface area (Å²) in [7, 11) is 0. The second-order valence-electron chi connectivity index (χ2n) is 9.32. The minimum Gasteiger partial charge on any atom is -0.0888 e. The van der Waals surface area contributed by atoms with Crippen LogP contribution in [-0.2, 0) is 0 Å². The van der Waals surface area contributed by atoms with Crippen LogP contribution in [0.15, 0.2) is 131 Å². The normalized spacial score (nSPS) is 12.5. The molecular weight excluding hydrogens is 440 g/mol. The molecular formula is C34H20S. The smallest absolute Gasteiger partial charge is 0.0207 e. The predicted molar refractivity (Wildman–Crippen MR) is 151 cm³/mol. The van der Waals surface area contributed by atoms with Gasteiger partial charge in [-0.2, -0.15) is 0 Å². The Labute approximate surface area is 207 Å². The molecule has 0 spiro atoms. The number of benzene rings is 7. The van der Waals surface area contributed by atoms with Crippen molar-refractivity contribution in [3.8, 4) is 22.3 Å². The molecule has 7 aromatic rings. The summed E-state index contributed by atoms with van der Waals surface area (Å²) in [5.74, 6) is 0. The molecule has 0 nitrogen and oxygen atoms in total. The largest absolute Gasteiger partial charge is 0.0888 e. The van der Waals surface area contributed by atoms with E-state index >= 15 is 0 Å². The van der Waals surface area contributed by atoms with Gasteiger partial charge in [-0.3, -0.25) is 0 Å². The summed E-state index contributed by atoms with van der Waals surface area (Å²) >= 11 is 1.89. The van der Waals surface area contributed by atoms with E-state index in [0.717, 1.165) is 0 Å². The van der Waals surface area contributed by atoms with E-state index in [1.54, 1.807) is 0 Å². The van der Waals surface area contributed by atoms with E-state index in [1.807, 2.05) is 11.8 Å². The summed E-state index contributed by atoms with van der Waals surface area (Å²) in [6.07, 6.45) is 0. The maximum absolute atomic E-state index is 2.38. The van der Waals surface area contributed by atoms with Crippen LogP contribution in [0.5, 0.6) is 0 Å². The molecule has 0 fully saturated rings. The van der Waals surface area contributed by atoms with Crippen LogP contribution in [0.25, 0.3) is 65.3 Å². The SMILES string of the molecule is c1ccc2c(c1)Sc1ccc(-c3cccc4cc5c(ccc6ccccc65)cc34)c3cccc-2c13. The van der Waals surface area contributed by atoms with E-state index in [1.165, 1.54) is 75.1 Å². The summed E-state index contributed by atoms with van der Waals surface area (Å²) < 4.78 is 0. The van der Waals surface area contributed by atoms with Gasteiger partial charge in [0, 0.05) is 15.2 Å². The van der Waals surface area contributed by atoms with Gasteiger partial charge in [-0.15, -0.1) is 0 Å². The van der Waals surface area contributed by atoms with Gasteiger partial charge in [0.25, 0.3) is 0 Å². The summed E-state index contributed by atoms with van der Waals surface area (Å²) in [6.45, 7) is 0. The quantitative estimate of drug-likeness (QED) is 0.173. The molecule has 7 aromatic carbocycles. The molecule has 0 aliphatic carbocycles. The van der Waals surface area contributed by atoms with E-state index in [0.29, 0.717) is 0 Å². The van der Waals surface area contributed by atoms with E-state index in [9.17, 15) is 0 Å².